The summed E-state index contributed by atoms with van der Waals surface area (Å²) in [6.45, 7) is 4.00. The van der Waals surface area contributed by atoms with Gasteiger partial charge in [0.2, 0.25) is 0 Å². The van der Waals surface area contributed by atoms with Crippen LogP contribution >= 0.6 is 0 Å². The summed E-state index contributed by atoms with van der Waals surface area (Å²) in [6.07, 6.45) is 11.7. The molecule has 0 spiro atoms. The van der Waals surface area contributed by atoms with Gasteiger partial charge in [0.1, 0.15) is 5.60 Å². The molecule has 0 aromatic heterocycles. The molecule has 0 radical (unpaired) electrons. The molecule has 18 heavy (non-hydrogen) atoms. The predicted octanol–water partition coefficient (Wildman–Crippen LogP) is 3.66. The number of carbonyl (C=O) groups excluding carboxylic acids is 1. The number of carbonyl (C=O) groups is 1. The number of fused-ring (bicyclic) bond motifs is 1. The molecule has 2 unspecified atom stereocenters. The normalized spacial score (nSPS) is 31.6. The Hall–Kier alpha value is -0.890. The lowest BCUT2D eigenvalue weighted by atomic mass is 9.78. The summed E-state index contributed by atoms with van der Waals surface area (Å²) in [6, 6.07) is 0. The number of aliphatic hydroxyl groups is 1. The van der Waals surface area contributed by atoms with E-state index in [4.69, 9.17) is 0 Å². The van der Waals surface area contributed by atoms with E-state index < -0.39 is 5.60 Å². The number of allylic oxidation sites excluding steroid dienone is 3. The van der Waals surface area contributed by atoms with Crippen LogP contribution in [-0.2, 0) is 4.79 Å². The monoisotopic (exact) mass is 250 g/mol. The second kappa shape index (κ2) is 5.40. The van der Waals surface area contributed by atoms with E-state index in [2.05, 4.69) is 12.2 Å². The minimum absolute atomic E-state index is 0. The van der Waals surface area contributed by atoms with Crippen LogP contribution in [-0.4, -0.2) is 16.5 Å². The van der Waals surface area contributed by atoms with Crippen molar-refractivity contribution < 1.29 is 11.3 Å². The van der Waals surface area contributed by atoms with Crippen LogP contribution in [0.25, 0.3) is 0 Å². The van der Waals surface area contributed by atoms with E-state index in [-0.39, 0.29) is 7.21 Å². The van der Waals surface area contributed by atoms with Crippen LogP contribution in [0.1, 0.15) is 53.8 Å². The number of Topliss-reactive ketones (excluding diaryl/α,β-unsaturated/α-hetero) is 1. The Morgan fingerprint density at radius 2 is 1.94 bits per heavy atom. The highest BCUT2D eigenvalue weighted by Crippen LogP contribution is 2.45. The minimum atomic E-state index is -1.06. The van der Waals surface area contributed by atoms with Crippen molar-refractivity contribution in [3.05, 3.63) is 23.8 Å². The van der Waals surface area contributed by atoms with Gasteiger partial charge in [-0.3, -0.25) is 4.79 Å². The Morgan fingerprint density at radius 1 is 1.28 bits per heavy atom. The van der Waals surface area contributed by atoms with Crippen molar-refractivity contribution >= 4 is 5.78 Å². The third-order valence-electron chi connectivity index (χ3n) is 4.17. The Kier molecular flexibility index (Phi) is 4.06. The Labute approximate surface area is 111 Å². The van der Waals surface area contributed by atoms with Crippen LogP contribution in [0.2, 0.25) is 0 Å². The quantitative estimate of drug-likeness (QED) is 0.812. The number of rotatable bonds is 2. The van der Waals surface area contributed by atoms with E-state index in [0.29, 0.717) is 24.7 Å². The van der Waals surface area contributed by atoms with E-state index in [1.54, 1.807) is 0 Å². The standard InChI is InChI=1S/C14H18O2.C2H6.H2/c15-13(14(16)6-2-1-3-7-14)11-5-4-10-8-12(10)9-11;1-2;/h4-5,9-10,12,16H,1-3,6-8H2;1-2H3;1H. The van der Waals surface area contributed by atoms with Crippen molar-refractivity contribution in [2.24, 2.45) is 11.8 Å². The van der Waals surface area contributed by atoms with Gasteiger partial charge in [0.25, 0.3) is 0 Å². The maximum absolute atomic E-state index is 12.3. The first-order valence-electron chi connectivity index (χ1n) is 7.36. The first kappa shape index (κ1) is 13.5. The largest absolute Gasteiger partial charge is 0.382 e. The van der Waals surface area contributed by atoms with Gasteiger partial charge in [0, 0.05) is 7.00 Å². The highest BCUT2D eigenvalue weighted by Gasteiger charge is 2.41. The molecule has 0 aromatic carbocycles. The van der Waals surface area contributed by atoms with Crippen LogP contribution in [0.4, 0.5) is 0 Å². The van der Waals surface area contributed by atoms with Crippen LogP contribution in [0.15, 0.2) is 23.8 Å². The van der Waals surface area contributed by atoms with Crippen molar-refractivity contribution in [3.8, 4) is 0 Å². The summed E-state index contributed by atoms with van der Waals surface area (Å²) in [5.74, 6) is 1.22. The molecule has 0 aromatic rings. The van der Waals surface area contributed by atoms with Crippen molar-refractivity contribution in [1.82, 2.24) is 0 Å². The lowest BCUT2D eigenvalue weighted by Crippen LogP contribution is -2.41. The summed E-state index contributed by atoms with van der Waals surface area (Å²) < 4.78 is 0. The second-order valence-electron chi connectivity index (χ2n) is 5.47. The van der Waals surface area contributed by atoms with Crippen LogP contribution in [0, 0.1) is 11.8 Å². The van der Waals surface area contributed by atoms with Crippen molar-refractivity contribution in [3.63, 3.8) is 0 Å². The summed E-state index contributed by atoms with van der Waals surface area (Å²) in [5.41, 5.74) is -0.306. The minimum Gasteiger partial charge on any atom is -0.382 e. The van der Waals surface area contributed by atoms with Crippen LogP contribution in [0.3, 0.4) is 0 Å². The van der Waals surface area contributed by atoms with Crippen molar-refractivity contribution in [2.75, 3.05) is 0 Å². The van der Waals surface area contributed by atoms with Gasteiger partial charge in [0.15, 0.2) is 5.78 Å². The number of hydrogen-bond acceptors (Lipinski definition) is 2. The van der Waals surface area contributed by atoms with Gasteiger partial charge in [-0.15, -0.1) is 0 Å². The maximum Gasteiger partial charge on any atom is 0.194 e. The molecule has 3 rings (SSSR count). The molecule has 3 aliphatic carbocycles. The number of hydrogen-bond donors (Lipinski definition) is 1. The number of ketones is 1. The molecule has 2 saturated carbocycles. The van der Waals surface area contributed by atoms with Gasteiger partial charge in [0.05, 0.1) is 0 Å². The van der Waals surface area contributed by atoms with Crippen molar-refractivity contribution in [1.29, 1.82) is 0 Å². The molecular formula is C16H26O2. The summed E-state index contributed by atoms with van der Waals surface area (Å²) in [5, 5.41) is 10.4. The molecule has 2 atom stereocenters. The fourth-order valence-electron chi connectivity index (χ4n) is 2.95. The molecule has 2 fully saturated rings. The molecule has 0 bridgehead atoms. The second-order valence-corrected chi connectivity index (χ2v) is 5.47. The molecule has 102 valence electrons. The SMILES string of the molecule is CC.O=C(C1=CC2CC2C=C1)C1(O)CCCCC1.[HH]. The highest BCUT2D eigenvalue weighted by atomic mass is 16.3. The summed E-state index contributed by atoms with van der Waals surface area (Å²) >= 11 is 0. The molecule has 3 aliphatic rings. The lowest BCUT2D eigenvalue weighted by molar-refractivity contribution is -0.136. The molecule has 0 saturated heterocycles. The average Bonchev–Trinajstić information content (AvgIpc) is 3.19. The summed E-state index contributed by atoms with van der Waals surface area (Å²) in [4.78, 5) is 12.3. The zero-order valence-electron chi connectivity index (χ0n) is 11.5. The van der Waals surface area contributed by atoms with Gasteiger partial charge in [-0.05, 0) is 31.1 Å². The zero-order chi connectivity index (χ0) is 13.2. The molecule has 0 amide bonds. The Morgan fingerprint density at radius 3 is 2.56 bits per heavy atom. The highest BCUT2D eigenvalue weighted by molar-refractivity contribution is 6.04. The van der Waals surface area contributed by atoms with Gasteiger partial charge < -0.3 is 5.11 Å². The van der Waals surface area contributed by atoms with Crippen molar-refractivity contribution in [2.45, 2.75) is 58.0 Å². The fraction of sp³-hybridized carbons (Fsp3) is 0.688. The van der Waals surface area contributed by atoms with Gasteiger partial charge >= 0.3 is 0 Å². The van der Waals surface area contributed by atoms with E-state index in [9.17, 15) is 9.90 Å². The molecule has 2 heteroatoms. The molecular weight excluding hydrogens is 224 g/mol. The summed E-state index contributed by atoms with van der Waals surface area (Å²) in [7, 11) is 0. The zero-order valence-corrected chi connectivity index (χ0v) is 11.5. The van der Waals surface area contributed by atoms with E-state index >= 15 is 0 Å². The lowest BCUT2D eigenvalue weighted by Gasteiger charge is -2.31. The van der Waals surface area contributed by atoms with Crippen LogP contribution < -0.4 is 0 Å². The van der Waals surface area contributed by atoms with E-state index in [1.807, 2.05) is 19.9 Å². The van der Waals surface area contributed by atoms with Gasteiger partial charge in [-0.25, -0.2) is 0 Å². The fourth-order valence-corrected chi connectivity index (χ4v) is 2.95. The van der Waals surface area contributed by atoms with Crippen LogP contribution in [0.5, 0.6) is 0 Å². The molecule has 0 heterocycles. The molecule has 0 aliphatic heterocycles. The average molecular weight is 250 g/mol. The first-order chi connectivity index (χ1) is 8.69. The smallest absolute Gasteiger partial charge is 0.194 e. The maximum atomic E-state index is 12.3. The molecule has 1 N–H and O–H groups in total. The predicted molar refractivity (Wildman–Crippen MR) is 75.3 cm³/mol. The first-order valence-corrected chi connectivity index (χ1v) is 7.36. The topological polar surface area (TPSA) is 37.3 Å². The van der Waals surface area contributed by atoms with Gasteiger partial charge in [-0.2, -0.15) is 0 Å². The Bertz CT molecular complexity index is 378. The van der Waals surface area contributed by atoms with E-state index in [0.717, 1.165) is 24.8 Å². The third kappa shape index (κ3) is 2.59. The molecule has 2 nitrogen and oxygen atoms in total. The Balaban J connectivity index is 0.000000576. The third-order valence-corrected chi connectivity index (χ3v) is 4.17. The van der Waals surface area contributed by atoms with Gasteiger partial charge in [-0.1, -0.05) is 51.3 Å². The van der Waals surface area contributed by atoms with E-state index in [1.165, 1.54) is 6.42 Å².